The highest BCUT2D eigenvalue weighted by atomic mass is 16.5. The van der Waals surface area contributed by atoms with Crippen molar-refractivity contribution in [2.75, 3.05) is 26.8 Å². The van der Waals surface area contributed by atoms with E-state index >= 15 is 0 Å². The smallest absolute Gasteiger partial charge is 0.0495 e. The lowest BCUT2D eigenvalue weighted by Gasteiger charge is -2.40. The lowest BCUT2D eigenvalue weighted by molar-refractivity contribution is 0.0395. The van der Waals surface area contributed by atoms with Gasteiger partial charge in [0, 0.05) is 13.7 Å². The Kier molecular flexibility index (Phi) is 3.82. The average molecular weight is 197 g/mol. The highest BCUT2D eigenvalue weighted by Crippen LogP contribution is 2.39. The highest BCUT2D eigenvalue weighted by molar-refractivity contribution is 4.84. The van der Waals surface area contributed by atoms with Gasteiger partial charge in [0.1, 0.15) is 0 Å². The molecule has 0 spiro atoms. The molecular formula is C12H23NO. The zero-order chi connectivity index (χ0) is 9.80. The molecule has 1 N–H and O–H groups in total. The fourth-order valence-electron chi connectivity index (χ4n) is 2.99. The molecule has 0 radical (unpaired) electrons. The van der Waals surface area contributed by atoms with E-state index in [1.807, 2.05) is 7.11 Å². The van der Waals surface area contributed by atoms with Crippen molar-refractivity contribution in [2.24, 2.45) is 17.8 Å². The van der Waals surface area contributed by atoms with Crippen LogP contribution in [0.25, 0.3) is 0 Å². The van der Waals surface area contributed by atoms with Gasteiger partial charge in [-0.25, -0.2) is 0 Å². The molecule has 1 aliphatic heterocycles. The quantitative estimate of drug-likeness (QED) is 0.745. The molecule has 82 valence electrons. The van der Waals surface area contributed by atoms with Gasteiger partial charge in [-0.3, -0.25) is 0 Å². The molecule has 2 nitrogen and oxygen atoms in total. The standard InChI is InChI=1S/C12H23NO/c1-14-9-12(10-3-2-4-10)11-5-7-13-8-6-11/h10-13H,2-9H2,1H3. The number of ether oxygens (including phenoxy) is 1. The zero-order valence-electron chi connectivity index (χ0n) is 9.30. The molecule has 1 unspecified atom stereocenters. The van der Waals surface area contributed by atoms with Gasteiger partial charge in [0.25, 0.3) is 0 Å². The lowest BCUT2D eigenvalue weighted by atomic mass is 9.69. The molecule has 0 aromatic rings. The van der Waals surface area contributed by atoms with Crippen molar-refractivity contribution in [3.63, 3.8) is 0 Å². The van der Waals surface area contributed by atoms with Gasteiger partial charge in [0.15, 0.2) is 0 Å². The number of methoxy groups -OCH3 is 1. The van der Waals surface area contributed by atoms with E-state index in [1.54, 1.807) is 0 Å². The monoisotopic (exact) mass is 197 g/mol. The SMILES string of the molecule is COCC(C1CCC1)C1CCNCC1. The molecule has 0 amide bonds. The minimum atomic E-state index is 0.857. The molecular weight excluding hydrogens is 174 g/mol. The highest BCUT2D eigenvalue weighted by Gasteiger charge is 2.33. The lowest BCUT2D eigenvalue weighted by Crippen LogP contribution is -2.38. The first-order chi connectivity index (χ1) is 6.92. The Bertz CT molecular complexity index is 162. The van der Waals surface area contributed by atoms with Gasteiger partial charge in [-0.1, -0.05) is 19.3 Å². The van der Waals surface area contributed by atoms with Crippen LogP contribution in [0.5, 0.6) is 0 Å². The summed E-state index contributed by atoms with van der Waals surface area (Å²) in [6.45, 7) is 3.44. The average Bonchev–Trinajstić information content (AvgIpc) is 2.16. The Balaban J connectivity index is 1.86. The van der Waals surface area contributed by atoms with Crippen LogP contribution in [0.3, 0.4) is 0 Å². The third-order valence-corrected chi connectivity index (χ3v) is 4.10. The summed E-state index contributed by atoms with van der Waals surface area (Å²) in [7, 11) is 1.85. The Morgan fingerprint density at radius 1 is 1.14 bits per heavy atom. The van der Waals surface area contributed by atoms with E-state index in [0.717, 1.165) is 24.4 Å². The maximum absolute atomic E-state index is 5.39. The minimum Gasteiger partial charge on any atom is -0.384 e. The van der Waals surface area contributed by atoms with Crippen molar-refractivity contribution in [2.45, 2.75) is 32.1 Å². The van der Waals surface area contributed by atoms with Gasteiger partial charge >= 0.3 is 0 Å². The second-order valence-corrected chi connectivity index (χ2v) is 4.90. The first-order valence-electron chi connectivity index (χ1n) is 6.11. The van der Waals surface area contributed by atoms with Gasteiger partial charge in [-0.15, -0.1) is 0 Å². The zero-order valence-corrected chi connectivity index (χ0v) is 9.30. The Labute approximate surface area is 87.4 Å². The molecule has 1 saturated carbocycles. The summed E-state index contributed by atoms with van der Waals surface area (Å²) < 4.78 is 5.39. The molecule has 0 aromatic carbocycles. The van der Waals surface area contributed by atoms with E-state index in [4.69, 9.17) is 4.74 Å². The first-order valence-corrected chi connectivity index (χ1v) is 6.11. The maximum atomic E-state index is 5.39. The van der Waals surface area contributed by atoms with E-state index in [1.165, 1.54) is 45.2 Å². The van der Waals surface area contributed by atoms with Gasteiger partial charge in [-0.2, -0.15) is 0 Å². The van der Waals surface area contributed by atoms with Crippen LogP contribution in [-0.4, -0.2) is 26.8 Å². The van der Waals surface area contributed by atoms with Crippen LogP contribution in [0.2, 0.25) is 0 Å². The summed E-state index contributed by atoms with van der Waals surface area (Å²) in [6, 6.07) is 0. The number of rotatable bonds is 4. The van der Waals surface area contributed by atoms with E-state index in [9.17, 15) is 0 Å². The van der Waals surface area contributed by atoms with Gasteiger partial charge < -0.3 is 10.1 Å². The molecule has 2 rings (SSSR count). The summed E-state index contributed by atoms with van der Waals surface area (Å²) in [4.78, 5) is 0. The molecule has 1 heterocycles. The minimum absolute atomic E-state index is 0.857. The first kappa shape index (κ1) is 10.4. The fourth-order valence-corrected chi connectivity index (χ4v) is 2.99. The van der Waals surface area contributed by atoms with Crippen molar-refractivity contribution in [1.82, 2.24) is 5.32 Å². The van der Waals surface area contributed by atoms with Crippen molar-refractivity contribution in [1.29, 1.82) is 0 Å². The predicted octanol–water partition coefficient (Wildman–Crippen LogP) is 2.05. The Hall–Kier alpha value is -0.0800. The van der Waals surface area contributed by atoms with Crippen molar-refractivity contribution in [3.05, 3.63) is 0 Å². The van der Waals surface area contributed by atoms with Crippen LogP contribution in [0.4, 0.5) is 0 Å². The van der Waals surface area contributed by atoms with Crippen LogP contribution in [0, 0.1) is 17.8 Å². The van der Waals surface area contributed by atoms with E-state index in [-0.39, 0.29) is 0 Å². The molecule has 2 heteroatoms. The summed E-state index contributed by atoms with van der Waals surface area (Å²) in [6.07, 6.45) is 7.10. The summed E-state index contributed by atoms with van der Waals surface area (Å²) in [5.74, 6) is 2.77. The van der Waals surface area contributed by atoms with Crippen LogP contribution in [-0.2, 0) is 4.74 Å². The fraction of sp³-hybridized carbons (Fsp3) is 1.00. The van der Waals surface area contributed by atoms with Gasteiger partial charge in [0.05, 0.1) is 0 Å². The second-order valence-electron chi connectivity index (χ2n) is 4.90. The summed E-state index contributed by atoms with van der Waals surface area (Å²) >= 11 is 0. The Morgan fingerprint density at radius 2 is 1.79 bits per heavy atom. The number of piperidine rings is 1. The number of nitrogens with one attached hydrogen (secondary N) is 1. The van der Waals surface area contributed by atoms with Gasteiger partial charge in [-0.05, 0) is 43.7 Å². The van der Waals surface area contributed by atoms with Crippen LogP contribution in [0.1, 0.15) is 32.1 Å². The summed E-state index contributed by atoms with van der Waals surface area (Å²) in [5, 5.41) is 3.45. The predicted molar refractivity (Wildman–Crippen MR) is 58.3 cm³/mol. The second kappa shape index (κ2) is 5.13. The molecule has 0 bridgehead atoms. The van der Waals surface area contributed by atoms with Gasteiger partial charge in [0.2, 0.25) is 0 Å². The normalized spacial score (nSPS) is 27.2. The number of hydrogen-bond acceptors (Lipinski definition) is 2. The largest absolute Gasteiger partial charge is 0.384 e. The molecule has 2 aliphatic rings. The third-order valence-electron chi connectivity index (χ3n) is 4.10. The van der Waals surface area contributed by atoms with Crippen molar-refractivity contribution < 1.29 is 4.74 Å². The van der Waals surface area contributed by atoms with Crippen LogP contribution >= 0.6 is 0 Å². The third kappa shape index (κ3) is 2.29. The van der Waals surface area contributed by atoms with Crippen LogP contribution < -0.4 is 5.32 Å². The number of hydrogen-bond donors (Lipinski definition) is 1. The van der Waals surface area contributed by atoms with E-state index in [2.05, 4.69) is 5.32 Å². The molecule has 1 aliphatic carbocycles. The molecule has 1 atom stereocenters. The van der Waals surface area contributed by atoms with Crippen LogP contribution in [0.15, 0.2) is 0 Å². The topological polar surface area (TPSA) is 21.3 Å². The van der Waals surface area contributed by atoms with Crippen molar-refractivity contribution in [3.8, 4) is 0 Å². The molecule has 14 heavy (non-hydrogen) atoms. The van der Waals surface area contributed by atoms with Crippen molar-refractivity contribution >= 4 is 0 Å². The maximum Gasteiger partial charge on any atom is 0.0495 e. The molecule has 2 fully saturated rings. The van der Waals surface area contributed by atoms with E-state index in [0.29, 0.717) is 0 Å². The summed E-state index contributed by atoms with van der Waals surface area (Å²) in [5.41, 5.74) is 0. The molecule has 0 aromatic heterocycles. The van der Waals surface area contributed by atoms with E-state index < -0.39 is 0 Å². The Morgan fingerprint density at radius 3 is 2.29 bits per heavy atom. The molecule has 1 saturated heterocycles.